The first kappa shape index (κ1) is 17.4. The third kappa shape index (κ3) is 5.32. The zero-order valence-corrected chi connectivity index (χ0v) is 14.7. The number of benzene rings is 2. The molecule has 122 valence electrons. The van der Waals surface area contributed by atoms with Crippen LogP contribution in [0.4, 0.5) is 5.69 Å². The average Bonchev–Trinajstić information content (AvgIpc) is 2.56. The topological polar surface area (TPSA) is 38.3 Å². The Hall–Kier alpha value is -1.94. The molecule has 0 aliphatic carbocycles. The number of ether oxygens (including phenoxy) is 1. The minimum atomic E-state index is 0.0778. The van der Waals surface area contributed by atoms with Gasteiger partial charge < -0.3 is 10.1 Å². The molecular weight excluding hydrogens is 306 g/mol. The first-order valence-corrected chi connectivity index (χ1v) is 8.71. The molecule has 2 rings (SSSR count). The van der Waals surface area contributed by atoms with E-state index in [0.717, 1.165) is 29.2 Å². The van der Waals surface area contributed by atoms with Crippen LogP contribution in [-0.4, -0.2) is 18.8 Å². The van der Waals surface area contributed by atoms with Gasteiger partial charge in [0.05, 0.1) is 7.11 Å². The molecule has 2 aromatic rings. The molecule has 0 fully saturated rings. The highest BCUT2D eigenvalue weighted by Gasteiger charge is 2.06. The number of hydrogen-bond acceptors (Lipinski definition) is 3. The van der Waals surface area contributed by atoms with Crippen LogP contribution < -0.4 is 10.1 Å². The molecule has 0 aliphatic heterocycles. The summed E-state index contributed by atoms with van der Waals surface area (Å²) in [6, 6.07) is 14.0. The molecule has 2 aromatic carbocycles. The van der Waals surface area contributed by atoms with E-state index >= 15 is 0 Å². The Balaban J connectivity index is 1.73. The van der Waals surface area contributed by atoms with Crippen LogP contribution in [0, 0.1) is 13.8 Å². The van der Waals surface area contributed by atoms with Crippen molar-refractivity contribution in [2.24, 2.45) is 0 Å². The van der Waals surface area contributed by atoms with Crippen LogP contribution in [0.3, 0.4) is 0 Å². The summed E-state index contributed by atoms with van der Waals surface area (Å²) in [5.41, 5.74) is 3.24. The molecule has 0 unspecified atom stereocenters. The quantitative estimate of drug-likeness (QED) is 0.584. The summed E-state index contributed by atoms with van der Waals surface area (Å²) in [7, 11) is 1.66. The molecule has 0 bridgehead atoms. The van der Waals surface area contributed by atoms with E-state index in [0.29, 0.717) is 6.42 Å². The predicted octanol–water partition coefficient (Wildman–Crippen LogP) is 4.82. The number of thioether (sulfide) groups is 1. The normalized spacial score (nSPS) is 10.4. The Labute approximate surface area is 142 Å². The van der Waals surface area contributed by atoms with Crippen LogP contribution >= 0.6 is 11.8 Å². The largest absolute Gasteiger partial charge is 0.497 e. The van der Waals surface area contributed by atoms with Gasteiger partial charge in [-0.3, -0.25) is 4.79 Å². The van der Waals surface area contributed by atoms with E-state index in [1.54, 1.807) is 18.9 Å². The molecule has 0 aromatic heterocycles. The molecule has 0 saturated carbocycles. The Morgan fingerprint density at radius 3 is 2.57 bits per heavy atom. The first-order chi connectivity index (χ1) is 11.1. The van der Waals surface area contributed by atoms with E-state index in [2.05, 4.69) is 18.3 Å². The summed E-state index contributed by atoms with van der Waals surface area (Å²) < 4.78 is 5.14. The van der Waals surface area contributed by atoms with Gasteiger partial charge in [0.2, 0.25) is 5.91 Å². The van der Waals surface area contributed by atoms with Crippen molar-refractivity contribution in [1.82, 2.24) is 0 Å². The van der Waals surface area contributed by atoms with Crippen LogP contribution in [0.15, 0.2) is 47.4 Å². The third-order valence-corrected chi connectivity index (χ3v) is 4.85. The van der Waals surface area contributed by atoms with Gasteiger partial charge >= 0.3 is 0 Å². The number of nitrogens with one attached hydrogen (secondary N) is 1. The number of anilines is 1. The lowest BCUT2D eigenvalue weighted by atomic mass is 10.1. The van der Waals surface area contributed by atoms with E-state index in [1.807, 2.05) is 43.3 Å². The van der Waals surface area contributed by atoms with E-state index in [1.165, 1.54) is 10.5 Å². The van der Waals surface area contributed by atoms with Crippen LogP contribution in [0.25, 0.3) is 0 Å². The van der Waals surface area contributed by atoms with E-state index in [9.17, 15) is 4.79 Å². The Bertz CT molecular complexity index is 653. The van der Waals surface area contributed by atoms with Crippen molar-refractivity contribution in [3.63, 3.8) is 0 Å². The molecule has 3 nitrogen and oxygen atoms in total. The summed E-state index contributed by atoms with van der Waals surface area (Å²) >= 11 is 1.76. The number of hydrogen-bond donors (Lipinski definition) is 1. The van der Waals surface area contributed by atoms with Gasteiger partial charge in [0, 0.05) is 17.0 Å². The fourth-order valence-corrected chi connectivity index (χ4v) is 3.05. The number of amides is 1. The zero-order chi connectivity index (χ0) is 16.7. The first-order valence-electron chi connectivity index (χ1n) is 7.73. The van der Waals surface area contributed by atoms with Crippen LogP contribution in [0.2, 0.25) is 0 Å². The second-order valence-corrected chi connectivity index (χ2v) is 6.59. The lowest BCUT2D eigenvalue weighted by Gasteiger charge is -2.10. The highest BCUT2D eigenvalue weighted by atomic mass is 32.2. The fourth-order valence-electron chi connectivity index (χ4n) is 2.19. The summed E-state index contributed by atoms with van der Waals surface area (Å²) in [5, 5.41) is 3.00. The lowest BCUT2D eigenvalue weighted by Crippen LogP contribution is -2.12. The minimum absolute atomic E-state index is 0.0778. The number of rotatable bonds is 7. The van der Waals surface area contributed by atoms with Crippen LogP contribution in [0.1, 0.15) is 24.0 Å². The smallest absolute Gasteiger partial charge is 0.224 e. The zero-order valence-electron chi connectivity index (χ0n) is 13.9. The molecule has 0 atom stereocenters. The van der Waals surface area contributed by atoms with Gasteiger partial charge in [-0.15, -0.1) is 11.8 Å². The van der Waals surface area contributed by atoms with Crippen molar-refractivity contribution in [2.75, 3.05) is 18.2 Å². The van der Waals surface area contributed by atoms with E-state index in [4.69, 9.17) is 4.74 Å². The van der Waals surface area contributed by atoms with Gasteiger partial charge in [-0.05, 0) is 67.5 Å². The van der Waals surface area contributed by atoms with Crippen LogP contribution in [-0.2, 0) is 4.79 Å². The lowest BCUT2D eigenvalue weighted by molar-refractivity contribution is -0.116. The maximum absolute atomic E-state index is 12.0. The summed E-state index contributed by atoms with van der Waals surface area (Å²) in [6.07, 6.45) is 1.39. The fraction of sp³-hybridized carbons (Fsp3) is 0.316. The van der Waals surface area contributed by atoms with Gasteiger partial charge in [0.1, 0.15) is 5.75 Å². The monoisotopic (exact) mass is 329 g/mol. The molecule has 0 radical (unpaired) electrons. The van der Waals surface area contributed by atoms with Gasteiger partial charge in [-0.2, -0.15) is 0 Å². The van der Waals surface area contributed by atoms with Gasteiger partial charge in [0.25, 0.3) is 0 Å². The van der Waals surface area contributed by atoms with E-state index in [-0.39, 0.29) is 5.91 Å². The Morgan fingerprint density at radius 1 is 1.13 bits per heavy atom. The number of aryl methyl sites for hydroxylation is 1. The molecular formula is C19H23NO2S. The van der Waals surface area contributed by atoms with Crippen molar-refractivity contribution in [1.29, 1.82) is 0 Å². The van der Waals surface area contributed by atoms with Crippen LogP contribution in [0.5, 0.6) is 5.75 Å². The van der Waals surface area contributed by atoms with Gasteiger partial charge in [-0.25, -0.2) is 0 Å². The maximum atomic E-state index is 12.0. The van der Waals surface area contributed by atoms with Crippen molar-refractivity contribution < 1.29 is 9.53 Å². The molecule has 23 heavy (non-hydrogen) atoms. The number of carbonyl (C=O) groups is 1. The Morgan fingerprint density at radius 2 is 1.87 bits per heavy atom. The van der Waals surface area contributed by atoms with Crippen molar-refractivity contribution >= 4 is 23.4 Å². The maximum Gasteiger partial charge on any atom is 0.224 e. The van der Waals surface area contributed by atoms with Gasteiger partial charge in [-0.1, -0.05) is 12.1 Å². The molecule has 0 aliphatic rings. The molecule has 0 heterocycles. The van der Waals surface area contributed by atoms with Crippen molar-refractivity contribution in [2.45, 2.75) is 31.6 Å². The minimum Gasteiger partial charge on any atom is -0.497 e. The SMILES string of the molecule is COc1ccc(SCCCC(=O)Nc2cccc(C)c2C)cc1. The summed E-state index contributed by atoms with van der Waals surface area (Å²) in [4.78, 5) is 13.2. The summed E-state index contributed by atoms with van der Waals surface area (Å²) in [5.74, 6) is 1.86. The molecule has 0 spiro atoms. The average molecular weight is 329 g/mol. The van der Waals surface area contributed by atoms with Gasteiger partial charge in [0.15, 0.2) is 0 Å². The molecule has 1 N–H and O–H groups in total. The molecule has 4 heteroatoms. The third-order valence-electron chi connectivity index (χ3n) is 3.76. The summed E-state index contributed by atoms with van der Waals surface area (Å²) in [6.45, 7) is 4.08. The van der Waals surface area contributed by atoms with E-state index < -0.39 is 0 Å². The predicted molar refractivity (Wildman–Crippen MR) is 97.5 cm³/mol. The van der Waals surface area contributed by atoms with Crippen molar-refractivity contribution in [3.05, 3.63) is 53.6 Å². The Kier molecular flexibility index (Phi) is 6.53. The second-order valence-electron chi connectivity index (χ2n) is 5.42. The highest BCUT2D eigenvalue weighted by molar-refractivity contribution is 7.99. The highest BCUT2D eigenvalue weighted by Crippen LogP contribution is 2.22. The number of methoxy groups -OCH3 is 1. The molecule has 0 saturated heterocycles. The standard InChI is InChI=1S/C19H23NO2S/c1-14-6-4-7-18(15(14)2)20-19(21)8-5-13-23-17-11-9-16(22-3)10-12-17/h4,6-7,9-12H,5,8,13H2,1-3H3,(H,20,21). The molecule has 1 amide bonds. The second kappa shape index (κ2) is 8.63. The number of carbonyl (C=O) groups excluding carboxylic acids is 1. The van der Waals surface area contributed by atoms with Crippen molar-refractivity contribution in [3.8, 4) is 5.75 Å².